The van der Waals surface area contributed by atoms with E-state index in [1.54, 1.807) is 0 Å². The molecule has 1 aliphatic rings. The number of hydrogen-bond acceptors (Lipinski definition) is 7. The molecular weight excluding hydrogens is 493 g/mol. The van der Waals surface area contributed by atoms with Gasteiger partial charge >= 0.3 is 5.97 Å². The maximum absolute atomic E-state index is 14.1. The van der Waals surface area contributed by atoms with Gasteiger partial charge in [0, 0.05) is 35.8 Å². The number of carboxylic acid groups (broad SMARTS) is 1. The highest BCUT2D eigenvalue weighted by molar-refractivity contribution is 7.92. The van der Waals surface area contributed by atoms with Gasteiger partial charge in [0.1, 0.15) is 16.6 Å². The number of sulfonamides is 1. The summed E-state index contributed by atoms with van der Waals surface area (Å²) < 4.78 is 47.2. The van der Waals surface area contributed by atoms with Crippen molar-refractivity contribution < 1.29 is 27.4 Å². The topological polar surface area (TPSA) is 109 Å². The van der Waals surface area contributed by atoms with E-state index in [2.05, 4.69) is 28.5 Å². The molecule has 0 bridgehead atoms. The number of aromatic carboxylic acids is 1. The average molecular weight is 520 g/mol. The molecule has 2 heterocycles. The predicted octanol–water partition coefficient (Wildman–Crippen LogP) is 5.08. The second-order valence-electron chi connectivity index (χ2n) is 9.13. The molecule has 2 N–H and O–H groups in total. The van der Waals surface area contributed by atoms with Crippen LogP contribution in [0.25, 0.3) is 10.6 Å². The lowest BCUT2D eigenvalue weighted by molar-refractivity contribution is 0.0691. The van der Waals surface area contributed by atoms with Crippen molar-refractivity contribution in [2.45, 2.75) is 31.7 Å². The molecule has 1 fully saturated rings. The number of methoxy groups -OCH3 is 1. The summed E-state index contributed by atoms with van der Waals surface area (Å²) in [6.07, 6.45) is 2.26. The van der Waals surface area contributed by atoms with Crippen LogP contribution in [0, 0.1) is 11.2 Å². The minimum atomic E-state index is -4.17. The standard InChI is InChI=1S/C24H26FN3O5S2/c1-24(2)8-10-28(11-9-24)16-6-4-15(5-7-16)22-26-21(14-34-22)35(31,32)27-19-13-18(25)17(23(29)30)12-20(19)33-3/h4-7,12-14,27H,8-11H2,1-3H3,(H,29,30). The van der Waals surface area contributed by atoms with E-state index in [4.69, 9.17) is 9.84 Å². The summed E-state index contributed by atoms with van der Waals surface area (Å²) in [5, 5.41) is 10.8. The Morgan fingerprint density at radius 3 is 2.46 bits per heavy atom. The lowest BCUT2D eigenvalue weighted by Crippen LogP contribution is -2.37. The zero-order valence-electron chi connectivity index (χ0n) is 19.5. The number of nitrogens with zero attached hydrogens (tertiary/aromatic N) is 2. The summed E-state index contributed by atoms with van der Waals surface area (Å²) in [6, 6.07) is 9.56. The van der Waals surface area contributed by atoms with Crippen LogP contribution in [-0.4, -0.2) is 44.7 Å². The van der Waals surface area contributed by atoms with Gasteiger partial charge in [-0.1, -0.05) is 13.8 Å². The quantitative estimate of drug-likeness (QED) is 0.448. The third-order valence-electron chi connectivity index (χ3n) is 6.12. The third-order valence-corrected chi connectivity index (χ3v) is 8.41. The lowest BCUT2D eigenvalue weighted by atomic mass is 9.82. The number of carboxylic acids is 1. The Morgan fingerprint density at radius 1 is 1.20 bits per heavy atom. The molecule has 0 radical (unpaired) electrons. The molecule has 8 nitrogen and oxygen atoms in total. The summed E-state index contributed by atoms with van der Waals surface area (Å²) in [7, 11) is -2.94. The van der Waals surface area contributed by atoms with Crippen LogP contribution in [-0.2, 0) is 10.0 Å². The fraction of sp³-hybridized carbons (Fsp3) is 0.333. The summed E-state index contributed by atoms with van der Waals surface area (Å²) >= 11 is 1.17. The lowest BCUT2D eigenvalue weighted by Gasteiger charge is -2.38. The van der Waals surface area contributed by atoms with E-state index in [1.807, 2.05) is 24.3 Å². The maximum Gasteiger partial charge on any atom is 0.338 e. The highest BCUT2D eigenvalue weighted by Crippen LogP contribution is 2.34. The second-order valence-corrected chi connectivity index (χ2v) is 11.6. The smallest absolute Gasteiger partial charge is 0.338 e. The van der Waals surface area contributed by atoms with Gasteiger partial charge in [0.25, 0.3) is 10.0 Å². The number of hydrogen-bond donors (Lipinski definition) is 2. The van der Waals surface area contributed by atoms with Crippen molar-refractivity contribution in [3.8, 4) is 16.3 Å². The molecule has 0 aliphatic carbocycles. The van der Waals surface area contributed by atoms with Gasteiger partial charge < -0.3 is 14.7 Å². The van der Waals surface area contributed by atoms with E-state index in [0.717, 1.165) is 49.3 Å². The van der Waals surface area contributed by atoms with Crippen LogP contribution in [0.3, 0.4) is 0 Å². The third kappa shape index (κ3) is 5.40. The van der Waals surface area contributed by atoms with E-state index in [0.29, 0.717) is 10.4 Å². The van der Waals surface area contributed by atoms with Crippen molar-refractivity contribution in [2.24, 2.45) is 5.41 Å². The number of nitrogens with one attached hydrogen (secondary N) is 1. The molecule has 0 saturated carbocycles. The molecule has 3 aromatic rings. The first-order chi connectivity index (χ1) is 16.5. The van der Waals surface area contributed by atoms with Crippen LogP contribution in [0.2, 0.25) is 0 Å². The Morgan fingerprint density at radius 2 is 1.86 bits per heavy atom. The minimum Gasteiger partial charge on any atom is -0.495 e. The molecule has 0 spiro atoms. The van der Waals surface area contributed by atoms with Gasteiger partial charge in [0.2, 0.25) is 0 Å². The number of halogens is 1. The van der Waals surface area contributed by atoms with E-state index in [-0.39, 0.29) is 16.5 Å². The van der Waals surface area contributed by atoms with Crippen LogP contribution in [0.15, 0.2) is 46.8 Å². The largest absolute Gasteiger partial charge is 0.495 e. The highest BCUT2D eigenvalue weighted by atomic mass is 32.2. The van der Waals surface area contributed by atoms with Crippen molar-refractivity contribution >= 4 is 38.7 Å². The van der Waals surface area contributed by atoms with E-state index < -0.39 is 27.4 Å². The van der Waals surface area contributed by atoms with E-state index in [9.17, 15) is 17.6 Å². The summed E-state index contributed by atoms with van der Waals surface area (Å²) in [4.78, 5) is 17.7. The first kappa shape index (κ1) is 24.9. The number of anilines is 2. The number of thiazole rings is 1. The fourth-order valence-electron chi connectivity index (χ4n) is 3.86. The Balaban J connectivity index is 1.52. The van der Waals surface area contributed by atoms with Gasteiger partial charge in [-0.05, 0) is 48.6 Å². The molecule has 35 heavy (non-hydrogen) atoms. The van der Waals surface area contributed by atoms with Gasteiger partial charge in [-0.3, -0.25) is 4.72 Å². The molecule has 1 aromatic heterocycles. The van der Waals surface area contributed by atoms with Crippen LogP contribution >= 0.6 is 11.3 Å². The van der Waals surface area contributed by atoms with Crippen molar-refractivity contribution in [1.29, 1.82) is 0 Å². The molecule has 186 valence electrons. The summed E-state index contributed by atoms with van der Waals surface area (Å²) in [5.74, 6) is -2.71. The first-order valence-electron chi connectivity index (χ1n) is 10.9. The molecule has 1 saturated heterocycles. The number of carbonyl (C=O) groups is 1. The monoisotopic (exact) mass is 519 g/mol. The normalized spacial score (nSPS) is 15.6. The molecular formula is C24H26FN3O5S2. The van der Waals surface area contributed by atoms with Gasteiger partial charge in [-0.2, -0.15) is 8.42 Å². The van der Waals surface area contributed by atoms with Crippen LogP contribution in [0.4, 0.5) is 15.8 Å². The summed E-state index contributed by atoms with van der Waals surface area (Å²) in [6.45, 7) is 6.56. The molecule has 0 atom stereocenters. The minimum absolute atomic E-state index is 0.125. The number of benzene rings is 2. The van der Waals surface area contributed by atoms with Crippen molar-refractivity contribution in [1.82, 2.24) is 4.98 Å². The molecule has 0 amide bonds. The average Bonchev–Trinajstić information content (AvgIpc) is 3.30. The molecule has 4 rings (SSSR count). The maximum atomic E-state index is 14.1. The van der Waals surface area contributed by atoms with Gasteiger partial charge in [0.15, 0.2) is 5.03 Å². The zero-order valence-corrected chi connectivity index (χ0v) is 21.2. The fourth-order valence-corrected chi connectivity index (χ4v) is 6.03. The number of aromatic nitrogens is 1. The van der Waals surface area contributed by atoms with Crippen molar-refractivity contribution in [3.05, 3.63) is 53.2 Å². The van der Waals surface area contributed by atoms with Crippen LogP contribution in [0.1, 0.15) is 37.0 Å². The first-order valence-corrected chi connectivity index (χ1v) is 13.3. The molecule has 11 heteroatoms. The Bertz CT molecular complexity index is 1340. The highest BCUT2D eigenvalue weighted by Gasteiger charge is 2.26. The Hall–Kier alpha value is -3.18. The van der Waals surface area contributed by atoms with E-state index in [1.165, 1.54) is 23.8 Å². The zero-order chi connectivity index (χ0) is 25.4. The molecule has 0 unspecified atom stereocenters. The van der Waals surface area contributed by atoms with Gasteiger partial charge in [-0.15, -0.1) is 11.3 Å². The second kappa shape index (κ2) is 9.46. The van der Waals surface area contributed by atoms with Crippen LogP contribution in [0.5, 0.6) is 5.75 Å². The number of ether oxygens (including phenoxy) is 1. The number of rotatable bonds is 7. The Labute approximate surface area is 207 Å². The summed E-state index contributed by atoms with van der Waals surface area (Å²) in [5.41, 5.74) is 1.42. The van der Waals surface area contributed by atoms with Gasteiger partial charge in [0.05, 0.1) is 18.4 Å². The van der Waals surface area contributed by atoms with E-state index >= 15 is 0 Å². The molecule has 1 aliphatic heterocycles. The predicted molar refractivity (Wildman–Crippen MR) is 133 cm³/mol. The van der Waals surface area contributed by atoms with Gasteiger partial charge in [-0.25, -0.2) is 14.2 Å². The van der Waals surface area contributed by atoms with Crippen molar-refractivity contribution in [2.75, 3.05) is 29.8 Å². The Kier molecular flexibility index (Phi) is 6.74. The molecule has 2 aromatic carbocycles. The van der Waals surface area contributed by atoms with Crippen molar-refractivity contribution in [3.63, 3.8) is 0 Å². The number of piperidine rings is 1. The van der Waals surface area contributed by atoms with Crippen LogP contribution < -0.4 is 14.4 Å². The SMILES string of the molecule is COc1cc(C(=O)O)c(F)cc1NS(=O)(=O)c1csc(-c2ccc(N3CCC(C)(C)CC3)cc2)n1.